The van der Waals surface area contributed by atoms with Crippen LogP contribution in [0.1, 0.15) is 44.9 Å². The Hall–Kier alpha value is -1.48. The number of hydrogen-bond donors (Lipinski definition) is 1. The van der Waals surface area contributed by atoms with E-state index in [0.29, 0.717) is 36.9 Å². The molecule has 3 heterocycles. The first-order valence-electron chi connectivity index (χ1n) is 8.64. The molecule has 0 spiro atoms. The number of nitrogens with zero attached hydrogens (tertiary/aromatic N) is 4. The van der Waals surface area contributed by atoms with Crippen LogP contribution in [-0.2, 0) is 11.3 Å². The fraction of sp³-hybridized carbons (Fsp3) is 0.625. The molecule has 2 aromatic rings. The van der Waals surface area contributed by atoms with Gasteiger partial charge in [0.15, 0.2) is 5.82 Å². The van der Waals surface area contributed by atoms with Crippen molar-refractivity contribution in [3.05, 3.63) is 18.2 Å². The van der Waals surface area contributed by atoms with Crippen LogP contribution >= 0.6 is 21.6 Å². The number of nitrogens with one attached hydrogen (secondary N) is 1. The lowest BCUT2D eigenvalue weighted by Gasteiger charge is -2.07. The third kappa shape index (κ3) is 5.01. The fourth-order valence-electron chi connectivity index (χ4n) is 2.70. The second kappa shape index (κ2) is 9.28. The Morgan fingerprint density at radius 1 is 1.44 bits per heavy atom. The number of amides is 1. The van der Waals surface area contributed by atoms with Crippen molar-refractivity contribution in [1.82, 2.24) is 24.9 Å². The van der Waals surface area contributed by atoms with Crippen LogP contribution < -0.4 is 10.1 Å². The number of carbonyl (C=O) groups excluding carboxylic acids is 1. The molecule has 0 bridgehead atoms. The van der Waals surface area contributed by atoms with Gasteiger partial charge in [-0.05, 0) is 26.2 Å². The molecule has 3 rings (SSSR count). The smallest absolute Gasteiger partial charge is 0.260 e. The van der Waals surface area contributed by atoms with Crippen LogP contribution in [0.4, 0.5) is 0 Å². The van der Waals surface area contributed by atoms with Gasteiger partial charge < -0.3 is 10.1 Å². The maximum absolute atomic E-state index is 12.0. The van der Waals surface area contributed by atoms with E-state index in [-0.39, 0.29) is 5.91 Å². The minimum absolute atomic E-state index is 0.0595. The van der Waals surface area contributed by atoms with E-state index in [1.165, 1.54) is 18.6 Å². The molecule has 7 nitrogen and oxygen atoms in total. The molecule has 2 aromatic heterocycles. The van der Waals surface area contributed by atoms with Crippen LogP contribution in [0, 0.1) is 0 Å². The third-order valence-corrected chi connectivity index (χ3v) is 7.00. The normalized spacial score (nSPS) is 17.1. The van der Waals surface area contributed by atoms with Gasteiger partial charge in [0.05, 0.1) is 13.2 Å². The van der Waals surface area contributed by atoms with Crippen LogP contribution in [0.3, 0.4) is 0 Å². The number of hydrogen-bond acceptors (Lipinski definition) is 7. The number of unbranched alkanes of at least 4 members (excludes halogenated alkanes) is 1. The molecular formula is C16H23N5O2S2. The SMILES string of the molecule is CCOc1nccn2c(CNC(=O)CCCC[C@@H]3CCSS3)nnc12. The highest BCUT2D eigenvalue weighted by atomic mass is 33.1. The van der Waals surface area contributed by atoms with Gasteiger partial charge in [0, 0.05) is 29.8 Å². The molecule has 1 aliphatic rings. The molecule has 1 N–H and O–H groups in total. The standard InChI is InChI=1S/C16H23N5O2S2/c1-2-23-16-15-20-19-13(21(15)9-8-17-16)11-18-14(22)6-4-3-5-12-7-10-24-25-12/h8-9,12H,2-7,10-11H2,1H3,(H,18,22)/t12-/m1/s1. The predicted octanol–water partition coefficient (Wildman–Crippen LogP) is 2.85. The van der Waals surface area contributed by atoms with Crippen LogP contribution in [0.15, 0.2) is 12.4 Å². The lowest BCUT2D eigenvalue weighted by Crippen LogP contribution is -2.23. The molecule has 136 valence electrons. The van der Waals surface area contributed by atoms with Gasteiger partial charge in [-0.2, -0.15) is 0 Å². The van der Waals surface area contributed by atoms with Gasteiger partial charge in [-0.15, -0.1) is 10.2 Å². The highest BCUT2D eigenvalue weighted by Crippen LogP contribution is 2.39. The third-order valence-electron chi connectivity index (χ3n) is 4.00. The highest BCUT2D eigenvalue weighted by Gasteiger charge is 2.16. The van der Waals surface area contributed by atoms with E-state index in [0.717, 1.165) is 18.1 Å². The van der Waals surface area contributed by atoms with Crippen molar-refractivity contribution in [2.75, 3.05) is 12.4 Å². The Morgan fingerprint density at radius 3 is 3.16 bits per heavy atom. The van der Waals surface area contributed by atoms with Crippen LogP contribution in [0.5, 0.6) is 5.88 Å². The van der Waals surface area contributed by atoms with Gasteiger partial charge in [0.2, 0.25) is 11.6 Å². The first-order valence-corrected chi connectivity index (χ1v) is 11.0. The summed E-state index contributed by atoms with van der Waals surface area (Å²) in [5.74, 6) is 2.45. The van der Waals surface area contributed by atoms with Gasteiger partial charge in [0.25, 0.3) is 5.88 Å². The van der Waals surface area contributed by atoms with E-state index in [4.69, 9.17) is 4.74 Å². The molecule has 1 atom stereocenters. The van der Waals surface area contributed by atoms with Gasteiger partial charge in [0.1, 0.15) is 0 Å². The lowest BCUT2D eigenvalue weighted by atomic mass is 10.1. The first-order chi connectivity index (χ1) is 12.3. The van der Waals surface area contributed by atoms with Gasteiger partial charge >= 0.3 is 0 Å². The molecule has 0 aliphatic carbocycles. The zero-order chi connectivity index (χ0) is 17.5. The van der Waals surface area contributed by atoms with Crippen molar-refractivity contribution < 1.29 is 9.53 Å². The molecule has 1 fully saturated rings. The summed E-state index contributed by atoms with van der Waals surface area (Å²) in [4.78, 5) is 16.2. The molecule has 9 heteroatoms. The Kier molecular flexibility index (Phi) is 6.80. The summed E-state index contributed by atoms with van der Waals surface area (Å²) in [6, 6.07) is 0. The Bertz CT molecular complexity index is 703. The predicted molar refractivity (Wildman–Crippen MR) is 101 cm³/mol. The van der Waals surface area contributed by atoms with Crippen LogP contribution in [0.2, 0.25) is 0 Å². The molecule has 0 radical (unpaired) electrons. The molecule has 0 aromatic carbocycles. The van der Waals surface area contributed by atoms with Gasteiger partial charge in [-0.3, -0.25) is 9.20 Å². The molecule has 25 heavy (non-hydrogen) atoms. The molecule has 1 aliphatic heterocycles. The Labute approximate surface area is 155 Å². The van der Waals surface area contributed by atoms with Crippen molar-refractivity contribution in [1.29, 1.82) is 0 Å². The average Bonchev–Trinajstić information content (AvgIpc) is 3.27. The Balaban J connectivity index is 1.44. The zero-order valence-corrected chi connectivity index (χ0v) is 15.9. The van der Waals surface area contributed by atoms with E-state index in [9.17, 15) is 4.79 Å². The first kappa shape index (κ1) is 18.3. The second-order valence-corrected chi connectivity index (χ2v) is 8.61. The molecule has 0 unspecified atom stereocenters. The topological polar surface area (TPSA) is 81.4 Å². The van der Waals surface area contributed by atoms with Crippen molar-refractivity contribution in [2.24, 2.45) is 0 Å². The zero-order valence-electron chi connectivity index (χ0n) is 14.3. The van der Waals surface area contributed by atoms with Crippen molar-refractivity contribution in [3.8, 4) is 5.88 Å². The van der Waals surface area contributed by atoms with Crippen molar-refractivity contribution >= 4 is 33.1 Å². The van der Waals surface area contributed by atoms with Crippen LogP contribution in [-0.4, -0.2) is 43.1 Å². The lowest BCUT2D eigenvalue weighted by molar-refractivity contribution is -0.121. The number of ether oxygens (including phenoxy) is 1. The van der Waals surface area contributed by atoms with E-state index in [1.807, 2.05) is 28.5 Å². The van der Waals surface area contributed by atoms with Gasteiger partial charge in [-0.25, -0.2) is 4.98 Å². The summed E-state index contributed by atoms with van der Waals surface area (Å²) in [6.45, 7) is 2.77. The molecule has 0 saturated carbocycles. The van der Waals surface area contributed by atoms with E-state index in [1.54, 1.807) is 16.8 Å². The number of fused-ring (bicyclic) bond motifs is 1. The summed E-state index contributed by atoms with van der Waals surface area (Å²) in [6.07, 6.45) is 8.55. The number of rotatable bonds is 9. The van der Waals surface area contributed by atoms with Crippen LogP contribution in [0.25, 0.3) is 5.65 Å². The summed E-state index contributed by atoms with van der Waals surface area (Å²) < 4.78 is 7.24. The maximum atomic E-state index is 12.0. The average molecular weight is 382 g/mol. The van der Waals surface area contributed by atoms with Crippen molar-refractivity contribution in [2.45, 2.75) is 50.8 Å². The molecular weight excluding hydrogens is 358 g/mol. The minimum atomic E-state index is 0.0595. The summed E-state index contributed by atoms with van der Waals surface area (Å²) >= 11 is 0. The largest absolute Gasteiger partial charge is 0.475 e. The summed E-state index contributed by atoms with van der Waals surface area (Å²) in [7, 11) is 3.96. The maximum Gasteiger partial charge on any atom is 0.260 e. The number of carbonyl (C=O) groups is 1. The fourth-order valence-corrected chi connectivity index (χ4v) is 5.73. The molecule has 1 amide bonds. The summed E-state index contributed by atoms with van der Waals surface area (Å²) in [5.41, 5.74) is 0.570. The monoisotopic (exact) mass is 381 g/mol. The summed E-state index contributed by atoms with van der Waals surface area (Å²) in [5, 5.41) is 11.9. The Morgan fingerprint density at radius 2 is 2.36 bits per heavy atom. The van der Waals surface area contributed by atoms with E-state index < -0.39 is 0 Å². The molecule has 1 saturated heterocycles. The van der Waals surface area contributed by atoms with Crippen molar-refractivity contribution in [3.63, 3.8) is 0 Å². The van der Waals surface area contributed by atoms with E-state index in [2.05, 4.69) is 20.5 Å². The van der Waals surface area contributed by atoms with Gasteiger partial charge in [-0.1, -0.05) is 28.0 Å². The van der Waals surface area contributed by atoms with E-state index >= 15 is 0 Å². The second-order valence-electron chi connectivity index (χ2n) is 5.83. The highest BCUT2D eigenvalue weighted by molar-refractivity contribution is 8.77. The number of aromatic nitrogens is 4. The quantitative estimate of drug-likeness (QED) is 0.528. The minimum Gasteiger partial charge on any atom is -0.475 e.